The highest BCUT2D eigenvalue weighted by molar-refractivity contribution is 6.00. The standard InChI is InChI=1S/C27H28N12O2/c1-13-9-31-37(12-13)20-6-3-15(10-30-20)19-11-32-39-23(28)21(14(2)40)22(33-25(19)39)16-7-17-4-5-18(8-16)38(17)26(41)24-34-27(29)36-35-24/h3,6,9-12,16-18H,4-5,7-8,28H2,1-2H3,(H3,29,34,35,36)/t16-,17-,18+. The summed E-state index contributed by atoms with van der Waals surface area (Å²) in [7, 11) is 0. The second-order valence-corrected chi connectivity index (χ2v) is 10.8. The van der Waals surface area contributed by atoms with E-state index in [9.17, 15) is 9.59 Å². The number of hydrogen-bond donors (Lipinski definition) is 3. The van der Waals surface area contributed by atoms with Gasteiger partial charge in [-0.15, -0.1) is 10.2 Å². The first-order valence-electron chi connectivity index (χ1n) is 13.5. The fraction of sp³-hybridized carbons (Fsp3) is 0.333. The molecule has 5 aromatic rings. The number of hydrogen-bond acceptors (Lipinski definition) is 10. The van der Waals surface area contributed by atoms with Crippen LogP contribution in [0.4, 0.5) is 11.8 Å². The molecule has 0 radical (unpaired) electrons. The van der Waals surface area contributed by atoms with Gasteiger partial charge >= 0.3 is 0 Å². The molecule has 2 bridgehead atoms. The van der Waals surface area contributed by atoms with Gasteiger partial charge in [-0.1, -0.05) is 0 Å². The van der Waals surface area contributed by atoms with Crippen molar-refractivity contribution >= 4 is 29.1 Å². The Labute approximate surface area is 233 Å². The lowest BCUT2D eigenvalue weighted by molar-refractivity contribution is 0.0556. The van der Waals surface area contributed by atoms with Gasteiger partial charge in [0, 0.05) is 41.5 Å². The van der Waals surface area contributed by atoms with Gasteiger partial charge in [0.15, 0.2) is 17.2 Å². The minimum absolute atomic E-state index is 0.0244. The molecule has 3 atom stereocenters. The molecular weight excluding hydrogens is 524 g/mol. The number of H-pyrrole nitrogens is 1. The van der Waals surface area contributed by atoms with Gasteiger partial charge in [0.25, 0.3) is 5.91 Å². The molecule has 0 saturated carbocycles. The molecule has 2 aliphatic rings. The Bertz CT molecular complexity index is 1800. The molecule has 2 saturated heterocycles. The maximum Gasteiger partial charge on any atom is 0.292 e. The van der Waals surface area contributed by atoms with Crippen LogP contribution in [0.15, 0.2) is 36.9 Å². The highest BCUT2D eigenvalue weighted by Crippen LogP contribution is 2.45. The number of carbonyl (C=O) groups excluding carboxylic acids is 2. The third-order valence-electron chi connectivity index (χ3n) is 8.13. The number of nitrogens with one attached hydrogen (secondary N) is 1. The van der Waals surface area contributed by atoms with Gasteiger partial charge < -0.3 is 21.4 Å². The van der Waals surface area contributed by atoms with Crippen LogP contribution >= 0.6 is 0 Å². The summed E-state index contributed by atoms with van der Waals surface area (Å²) >= 11 is 0. The number of aromatic amines is 1. The van der Waals surface area contributed by atoms with Crippen LogP contribution in [-0.4, -0.2) is 73.2 Å². The largest absolute Gasteiger partial charge is 0.383 e. The van der Waals surface area contributed by atoms with E-state index in [2.05, 4.69) is 30.4 Å². The van der Waals surface area contributed by atoms with Crippen LogP contribution in [0.5, 0.6) is 0 Å². The van der Waals surface area contributed by atoms with Crippen LogP contribution < -0.4 is 11.5 Å². The molecule has 7 rings (SSSR count). The van der Waals surface area contributed by atoms with Gasteiger partial charge in [-0.25, -0.2) is 14.6 Å². The van der Waals surface area contributed by atoms with E-state index in [0.717, 1.165) is 29.5 Å². The van der Waals surface area contributed by atoms with Crippen LogP contribution in [0.2, 0.25) is 0 Å². The molecule has 5 aromatic heterocycles. The summed E-state index contributed by atoms with van der Waals surface area (Å²) in [5.74, 6) is 0.735. The van der Waals surface area contributed by atoms with Crippen molar-refractivity contribution in [1.29, 1.82) is 0 Å². The molecule has 14 nitrogen and oxygen atoms in total. The number of anilines is 2. The fourth-order valence-electron chi connectivity index (χ4n) is 6.34. The molecule has 5 N–H and O–H groups in total. The maximum absolute atomic E-state index is 13.2. The number of aryl methyl sites for hydroxylation is 1. The van der Waals surface area contributed by atoms with Gasteiger partial charge in [-0.3, -0.25) is 9.59 Å². The number of nitrogens with two attached hydrogens (primary N) is 2. The molecule has 0 aromatic carbocycles. The second kappa shape index (κ2) is 9.21. The average molecular weight is 553 g/mol. The van der Waals surface area contributed by atoms with Crippen molar-refractivity contribution in [2.24, 2.45) is 0 Å². The van der Waals surface area contributed by atoms with Gasteiger partial charge in [-0.2, -0.15) is 14.7 Å². The average Bonchev–Trinajstić information content (AvgIpc) is 3.74. The molecular formula is C27H28N12O2. The Morgan fingerprint density at radius 3 is 2.41 bits per heavy atom. The van der Waals surface area contributed by atoms with Crippen LogP contribution in [-0.2, 0) is 0 Å². The molecule has 208 valence electrons. The number of pyridine rings is 1. The molecule has 14 heteroatoms. The minimum atomic E-state index is -0.214. The summed E-state index contributed by atoms with van der Waals surface area (Å²) in [6, 6.07) is 3.77. The van der Waals surface area contributed by atoms with Crippen LogP contribution in [0.3, 0.4) is 0 Å². The molecule has 2 aliphatic heterocycles. The van der Waals surface area contributed by atoms with Crippen LogP contribution in [0.25, 0.3) is 22.6 Å². The molecule has 41 heavy (non-hydrogen) atoms. The molecule has 1 amide bonds. The van der Waals surface area contributed by atoms with E-state index in [-0.39, 0.29) is 47.3 Å². The van der Waals surface area contributed by atoms with Crippen molar-refractivity contribution in [3.63, 3.8) is 0 Å². The van der Waals surface area contributed by atoms with Crippen molar-refractivity contribution in [2.75, 3.05) is 11.5 Å². The first kappa shape index (κ1) is 24.9. The zero-order valence-corrected chi connectivity index (χ0v) is 22.5. The monoisotopic (exact) mass is 552 g/mol. The first-order valence-corrected chi connectivity index (χ1v) is 13.5. The number of aromatic nitrogens is 9. The molecule has 0 spiro atoms. The number of carbonyl (C=O) groups is 2. The Morgan fingerprint density at radius 1 is 1.02 bits per heavy atom. The third-order valence-corrected chi connectivity index (χ3v) is 8.13. The number of Topliss-reactive ketones (excluding diaryl/α,β-unsaturated/α-hetero) is 1. The quantitative estimate of drug-likeness (QED) is 0.273. The van der Waals surface area contributed by atoms with Gasteiger partial charge in [0.2, 0.25) is 11.8 Å². The second-order valence-electron chi connectivity index (χ2n) is 10.8. The maximum atomic E-state index is 13.2. The van der Waals surface area contributed by atoms with E-state index in [0.29, 0.717) is 35.6 Å². The molecule has 0 unspecified atom stereocenters. The lowest BCUT2D eigenvalue weighted by atomic mass is 9.85. The predicted molar refractivity (Wildman–Crippen MR) is 148 cm³/mol. The Balaban J connectivity index is 1.25. The molecule has 0 aliphatic carbocycles. The zero-order valence-electron chi connectivity index (χ0n) is 22.5. The SMILES string of the molecule is CC(=O)c1c([C@@H]2C[C@H]3CC[C@@H](C2)N3C(=O)c2nnc(N)[nH]2)nc2c(-c3ccc(-n4cc(C)cn4)nc3)cnn2c1N. The summed E-state index contributed by atoms with van der Waals surface area (Å²) in [6.07, 6.45) is 10.1. The van der Waals surface area contributed by atoms with Gasteiger partial charge in [0.05, 0.1) is 23.7 Å². The van der Waals surface area contributed by atoms with Crippen LogP contribution in [0, 0.1) is 6.92 Å². The van der Waals surface area contributed by atoms with Crippen molar-refractivity contribution < 1.29 is 9.59 Å². The normalized spacial score (nSPS) is 20.1. The smallest absolute Gasteiger partial charge is 0.292 e. The summed E-state index contributed by atoms with van der Waals surface area (Å²) < 4.78 is 3.23. The Hall–Kier alpha value is -5.14. The fourth-order valence-corrected chi connectivity index (χ4v) is 6.34. The lowest BCUT2D eigenvalue weighted by Crippen LogP contribution is -2.46. The summed E-state index contributed by atoms with van der Waals surface area (Å²) in [5.41, 5.74) is 16.4. The van der Waals surface area contributed by atoms with Crippen LogP contribution in [0.1, 0.15) is 70.8 Å². The topological polar surface area (TPSA) is 192 Å². The van der Waals surface area contributed by atoms with E-state index in [4.69, 9.17) is 16.5 Å². The van der Waals surface area contributed by atoms with Crippen molar-refractivity contribution in [3.8, 4) is 16.9 Å². The summed E-state index contributed by atoms with van der Waals surface area (Å²) in [5, 5.41) is 16.4. The third kappa shape index (κ3) is 4.01. The van der Waals surface area contributed by atoms with Crippen molar-refractivity contribution in [2.45, 2.75) is 57.5 Å². The highest BCUT2D eigenvalue weighted by atomic mass is 16.2. The number of nitrogens with zero attached hydrogens (tertiary/aromatic N) is 9. The number of nitrogen functional groups attached to an aromatic ring is 2. The first-order chi connectivity index (χ1) is 19.8. The van der Waals surface area contributed by atoms with Gasteiger partial charge in [-0.05, 0) is 57.2 Å². The van der Waals surface area contributed by atoms with E-state index >= 15 is 0 Å². The van der Waals surface area contributed by atoms with Gasteiger partial charge in [0.1, 0.15) is 5.82 Å². The summed E-state index contributed by atoms with van der Waals surface area (Å²) in [4.78, 5) is 40.3. The predicted octanol–water partition coefficient (Wildman–Crippen LogP) is 2.32. The Kier molecular flexibility index (Phi) is 5.59. The summed E-state index contributed by atoms with van der Waals surface area (Å²) in [6.45, 7) is 3.47. The molecule has 7 heterocycles. The van der Waals surface area contributed by atoms with E-state index in [1.165, 1.54) is 11.4 Å². The van der Waals surface area contributed by atoms with Crippen molar-refractivity contribution in [1.82, 2.24) is 49.4 Å². The lowest BCUT2D eigenvalue weighted by Gasteiger charge is -2.38. The number of ketones is 1. The van der Waals surface area contributed by atoms with Crippen molar-refractivity contribution in [3.05, 3.63) is 59.6 Å². The number of piperidine rings is 1. The van der Waals surface area contributed by atoms with E-state index in [1.54, 1.807) is 23.3 Å². The molecule has 2 fully saturated rings. The zero-order chi connectivity index (χ0) is 28.4. The van der Waals surface area contributed by atoms with E-state index in [1.807, 2.05) is 30.2 Å². The Morgan fingerprint density at radius 2 is 1.80 bits per heavy atom. The van der Waals surface area contributed by atoms with E-state index < -0.39 is 0 Å². The number of amides is 1. The number of rotatable bonds is 5. The highest BCUT2D eigenvalue weighted by Gasteiger charge is 2.46. The number of fused-ring (bicyclic) bond motifs is 3. The minimum Gasteiger partial charge on any atom is -0.383 e.